The molecular formula is C7H5ClN4S. The van der Waals surface area contributed by atoms with Crippen LogP contribution in [-0.2, 0) is 0 Å². The summed E-state index contributed by atoms with van der Waals surface area (Å²) in [6, 6.07) is 1.69. The zero-order valence-corrected chi connectivity index (χ0v) is 8.01. The van der Waals surface area contributed by atoms with Crippen LogP contribution >= 0.6 is 23.4 Å². The second kappa shape index (κ2) is 3.76. The smallest absolute Gasteiger partial charge is 0.171 e. The third kappa shape index (κ3) is 2.19. The molecule has 4 nitrogen and oxygen atoms in total. The molecule has 0 bridgehead atoms. The fourth-order valence-electron chi connectivity index (χ4n) is 0.779. The van der Waals surface area contributed by atoms with Gasteiger partial charge in [-0.15, -0.1) is 0 Å². The van der Waals surface area contributed by atoms with E-state index < -0.39 is 0 Å². The van der Waals surface area contributed by atoms with Crippen molar-refractivity contribution in [1.82, 2.24) is 19.9 Å². The van der Waals surface area contributed by atoms with Crippen LogP contribution in [0.1, 0.15) is 0 Å². The molecule has 0 aliphatic heterocycles. The zero-order chi connectivity index (χ0) is 9.10. The van der Waals surface area contributed by atoms with E-state index in [-0.39, 0.29) is 0 Å². The summed E-state index contributed by atoms with van der Waals surface area (Å²) in [7, 11) is 0. The molecule has 1 N–H and O–H groups in total. The maximum Gasteiger partial charge on any atom is 0.171 e. The summed E-state index contributed by atoms with van der Waals surface area (Å²) in [4.78, 5) is 14.8. The van der Waals surface area contributed by atoms with Crippen molar-refractivity contribution in [2.24, 2.45) is 0 Å². The van der Waals surface area contributed by atoms with E-state index in [9.17, 15) is 0 Å². The topological polar surface area (TPSA) is 54.5 Å². The molecule has 0 unspecified atom stereocenters. The Morgan fingerprint density at radius 1 is 1.31 bits per heavy atom. The maximum absolute atomic E-state index is 5.69. The van der Waals surface area contributed by atoms with E-state index in [1.165, 1.54) is 18.1 Å². The number of imidazole rings is 1. The standard InChI is InChI=1S/C7H5ClN4S/c8-5-3-6(12-4-11-5)13-7-9-1-2-10-7/h1-4H,(H,9,10). The van der Waals surface area contributed by atoms with E-state index >= 15 is 0 Å². The first kappa shape index (κ1) is 8.52. The molecule has 0 amide bonds. The first-order valence-electron chi connectivity index (χ1n) is 3.49. The molecule has 0 fully saturated rings. The lowest BCUT2D eigenvalue weighted by atomic mass is 10.7. The third-order valence-corrected chi connectivity index (χ3v) is 2.34. The number of rotatable bonds is 2. The Bertz CT molecular complexity index is 389. The summed E-state index contributed by atoms with van der Waals surface area (Å²) >= 11 is 7.10. The van der Waals surface area contributed by atoms with Crippen molar-refractivity contribution in [3.8, 4) is 0 Å². The average molecular weight is 213 g/mol. The number of hydrogen-bond acceptors (Lipinski definition) is 4. The lowest BCUT2D eigenvalue weighted by Gasteiger charge is -1.95. The second-order valence-corrected chi connectivity index (χ2v) is 3.57. The second-order valence-electron chi connectivity index (χ2n) is 2.18. The quantitative estimate of drug-likeness (QED) is 0.774. The van der Waals surface area contributed by atoms with Gasteiger partial charge in [0, 0.05) is 18.5 Å². The van der Waals surface area contributed by atoms with Crippen LogP contribution in [0.3, 0.4) is 0 Å². The Morgan fingerprint density at radius 2 is 2.23 bits per heavy atom. The molecule has 2 heterocycles. The Morgan fingerprint density at radius 3 is 2.92 bits per heavy atom. The summed E-state index contributed by atoms with van der Waals surface area (Å²) in [5.41, 5.74) is 0. The largest absolute Gasteiger partial charge is 0.339 e. The van der Waals surface area contributed by atoms with Gasteiger partial charge in [0.1, 0.15) is 16.5 Å². The first-order chi connectivity index (χ1) is 6.34. The van der Waals surface area contributed by atoms with Crippen molar-refractivity contribution in [2.45, 2.75) is 10.2 Å². The van der Waals surface area contributed by atoms with Gasteiger partial charge < -0.3 is 4.98 Å². The minimum Gasteiger partial charge on any atom is -0.339 e. The van der Waals surface area contributed by atoms with E-state index in [0.29, 0.717) is 5.15 Å². The van der Waals surface area contributed by atoms with Crippen LogP contribution < -0.4 is 0 Å². The number of aromatic amines is 1. The van der Waals surface area contributed by atoms with Gasteiger partial charge >= 0.3 is 0 Å². The molecule has 0 aromatic carbocycles. The Kier molecular flexibility index (Phi) is 2.47. The van der Waals surface area contributed by atoms with Crippen molar-refractivity contribution in [2.75, 3.05) is 0 Å². The van der Waals surface area contributed by atoms with Crippen LogP contribution in [-0.4, -0.2) is 19.9 Å². The molecule has 2 aromatic rings. The van der Waals surface area contributed by atoms with E-state index in [1.807, 2.05) is 0 Å². The monoisotopic (exact) mass is 212 g/mol. The molecule has 0 saturated carbocycles. The predicted octanol–water partition coefficient (Wildman–Crippen LogP) is 2.00. The van der Waals surface area contributed by atoms with Gasteiger partial charge in [-0.3, -0.25) is 0 Å². The molecule has 0 aliphatic carbocycles. The number of H-pyrrole nitrogens is 1. The molecule has 6 heteroatoms. The fourth-order valence-corrected chi connectivity index (χ4v) is 1.70. The Hall–Kier alpha value is -1.07. The molecular weight excluding hydrogens is 208 g/mol. The number of nitrogens with zero attached hydrogens (tertiary/aromatic N) is 3. The van der Waals surface area contributed by atoms with Gasteiger partial charge in [0.25, 0.3) is 0 Å². The van der Waals surface area contributed by atoms with Gasteiger partial charge in [-0.1, -0.05) is 11.6 Å². The zero-order valence-electron chi connectivity index (χ0n) is 6.44. The molecule has 0 spiro atoms. The highest BCUT2D eigenvalue weighted by Crippen LogP contribution is 2.22. The predicted molar refractivity (Wildman–Crippen MR) is 49.8 cm³/mol. The highest BCUT2D eigenvalue weighted by atomic mass is 35.5. The molecule has 0 saturated heterocycles. The molecule has 0 radical (unpaired) electrons. The van der Waals surface area contributed by atoms with Crippen LogP contribution in [0.15, 0.2) is 35.0 Å². The van der Waals surface area contributed by atoms with Gasteiger partial charge in [-0.05, 0) is 11.8 Å². The summed E-state index contributed by atoms with van der Waals surface area (Å²) in [5, 5.41) is 1.99. The van der Waals surface area contributed by atoms with Crippen LogP contribution in [0, 0.1) is 0 Å². The lowest BCUT2D eigenvalue weighted by molar-refractivity contribution is 1.01. The summed E-state index contributed by atoms with van der Waals surface area (Å²) < 4.78 is 0. The summed E-state index contributed by atoms with van der Waals surface area (Å²) in [5.74, 6) is 0. The van der Waals surface area contributed by atoms with Gasteiger partial charge in [0.15, 0.2) is 5.16 Å². The molecule has 66 valence electrons. The fraction of sp³-hybridized carbons (Fsp3) is 0. The minimum atomic E-state index is 0.434. The van der Waals surface area contributed by atoms with Crippen molar-refractivity contribution in [1.29, 1.82) is 0 Å². The van der Waals surface area contributed by atoms with E-state index in [4.69, 9.17) is 11.6 Å². The Balaban J connectivity index is 2.19. The first-order valence-corrected chi connectivity index (χ1v) is 4.69. The molecule has 0 atom stereocenters. The van der Waals surface area contributed by atoms with Crippen molar-refractivity contribution in [3.63, 3.8) is 0 Å². The molecule has 13 heavy (non-hydrogen) atoms. The van der Waals surface area contributed by atoms with Gasteiger partial charge in [-0.2, -0.15) is 0 Å². The lowest BCUT2D eigenvalue weighted by Crippen LogP contribution is -1.83. The van der Waals surface area contributed by atoms with Crippen molar-refractivity contribution < 1.29 is 0 Å². The molecule has 0 aliphatic rings. The van der Waals surface area contributed by atoms with Gasteiger partial charge in [0.2, 0.25) is 0 Å². The van der Waals surface area contributed by atoms with Crippen LogP contribution in [0.2, 0.25) is 5.15 Å². The third-order valence-electron chi connectivity index (χ3n) is 1.28. The van der Waals surface area contributed by atoms with E-state index in [0.717, 1.165) is 10.2 Å². The van der Waals surface area contributed by atoms with Gasteiger partial charge in [-0.25, -0.2) is 15.0 Å². The molecule has 2 rings (SSSR count). The van der Waals surface area contributed by atoms with Crippen molar-refractivity contribution in [3.05, 3.63) is 29.9 Å². The normalized spacial score (nSPS) is 10.2. The highest BCUT2D eigenvalue weighted by Gasteiger charge is 2.00. The number of hydrogen-bond donors (Lipinski definition) is 1. The SMILES string of the molecule is Clc1cc(Sc2ncc[nH]2)ncn1. The van der Waals surface area contributed by atoms with Crippen molar-refractivity contribution >= 4 is 23.4 Å². The van der Waals surface area contributed by atoms with Crippen LogP contribution in [0.25, 0.3) is 0 Å². The van der Waals surface area contributed by atoms with Gasteiger partial charge in [0.05, 0.1) is 0 Å². The summed E-state index contributed by atoms with van der Waals surface area (Å²) in [6.45, 7) is 0. The maximum atomic E-state index is 5.69. The Labute approximate surface area is 83.8 Å². The number of aromatic nitrogens is 4. The van der Waals surface area contributed by atoms with Crippen LogP contribution in [0.5, 0.6) is 0 Å². The summed E-state index contributed by atoms with van der Waals surface area (Å²) in [6.07, 6.45) is 4.86. The number of nitrogens with one attached hydrogen (secondary N) is 1. The number of halogens is 1. The van der Waals surface area contributed by atoms with E-state index in [1.54, 1.807) is 18.5 Å². The molecule has 2 aromatic heterocycles. The van der Waals surface area contributed by atoms with Crippen LogP contribution in [0.4, 0.5) is 0 Å². The highest BCUT2D eigenvalue weighted by molar-refractivity contribution is 7.99. The minimum absolute atomic E-state index is 0.434. The average Bonchev–Trinajstić information content (AvgIpc) is 2.57. The van der Waals surface area contributed by atoms with E-state index in [2.05, 4.69) is 19.9 Å².